The fourth-order valence-electron chi connectivity index (χ4n) is 2.75. The highest BCUT2D eigenvalue weighted by molar-refractivity contribution is 6.30. The van der Waals surface area contributed by atoms with E-state index < -0.39 is 0 Å². The molecule has 1 aromatic rings. The Morgan fingerprint density at radius 1 is 1.28 bits per heavy atom. The maximum Gasteiger partial charge on any atom is 0.0793 e. The third-order valence-electron chi connectivity index (χ3n) is 3.75. The molecule has 0 amide bonds. The molecule has 3 N–H and O–H groups in total. The molecule has 2 aliphatic rings. The summed E-state index contributed by atoms with van der Waals surface area (Å²) in [6, 6.07) is 8.33. The van der Waals surface area contributed by atoms with Gasteiger partial charge >= 0.3 is 0 Å². The van der Waals surface area contributed by atoms with Crippen LogP contribution in [0.25, 0.3) is 0 Å². The van der Waals surface area contributed by atoms with Gasteiger partial charge in [-0.25, -0.2) is 5.43 Å². The molecule has 18 heavy (non-hydrogen) atoms. The Labute approximate surface area is 112 Å². The summed E-state index contributed by atoms with van der Waals surface area (Å²) in [4.78, 5) is 2.30. The summed E-state index contributed by atoms with van der Waals surface area (Å²) in [6.07, 6.45) is -0.124. The minimum Gasteiger partial charge on any atom is -0.390 e. The van der Waals surface area contributed by atoms with Gasteiger partial charge in [0.2, 0.25) is 0 Å². The van der Waals surface area contributed by atoms with Crippen molar-refractivity contribution in [2.75, 3.05) is 26.2 Å². The van der Waals surface area contributed by atoms with Crippen LogP contribution in [0.4, 0.5) is 0 Å². The van der Waals surface area contributed by atoms with Gasteiger partial charge in [0.05, 0.1) is 12.1 Å². The first-order valence-corrected chi connectivity index (χ1v) is 6.74. The monoisotopic (exact) mass is 267 g/mol. The summed E-state index contributed by atoms with van der Waals surface area (Å²) < 4.78 is 0. The Bertz CT molecular complexity index is 405. The fraction of sp³-hybridized carbons (Fsp3) is 0.538. The lowest BCUT2D eigenvalue weighted by molar-refractivity contribution is -0.00660. The maximum atomic E-state index is 9.32. The molecule has 2 saturated heterocycles. The summed E-state index contributed by atoms with van der Waals surface area (Å²) in [5, 5.41) is 10.1. The molecule has 98 valence electrons. The molecule has 0 radical (unpaired) electrons. The van der Waals surface area contributed by atoms with Crippen LogP contribution in [-0.4, -0.2) is 42.3 Å². The first-order chi connectivity index (χ1) is 8.72. The van der Waals surface area contributed by atoms with Crippen LogP contribution in [0.5, 0.6) is 0 Å². The van der Waals surface area contributed by atoms with Gasteiger partial charge in [-0.05, 0) is 17.7 Å². The Morgan fingerprint density at radius 3 is 2.67 bits per heavy atom. The number of nitrogens with zero attached hydrogens (tertiary/aromatic N) is 1. The second kappa shape index (κ2) is 5.15. The number of aliphatic hydroxyl groups is 1. The maximum absolute atomic E-state index is 9.32. The van der Waals surface area contributed by atoms with Crippen LogP contribution >= 0.6 is 11.6 Å². The fourth-order valence-corrected chi connectivity index (χ4v) is 2.88. The molecule has 0 saturated carbocycles. The lowest BCUT2D eigenvalue weighted by Crippen LogP contribution is -2.52. The van der Waals surface area contributed by atoms with E-state index in [0.717, 1.165) is 31.2 Å². The molecule has 2 unspecified atom stereocenters. The van der Waals surface area contributed by atoms with E-state index in [4.69, 9.17) is 11.6 Å². The van der Waals surface area contributed by atoms with Gasteiger partial charge in [0.1, 0.15) is 0 Å². The zero-order valence-electron chi connectivity index (χ0n) is 10.1. The summed E-state index contributed by atoms with van der Waals surface area (Å²) in [6.45, 7) is 3.60. The predicted molar refractivity (Wildman–Crippen MR) is 71.3 cm³/mol. The van der Waals surface area contributed by atoms with E-state index in [1.165, 1.54) is 5.56 Å². The molecule has 2 atom stereocenters. The highest BCUT2D eigenvalue weighted by Crippen LogP contribution is 2.27. The van der Waals surface area contributed by atoms with Crippen molar-refractivity contribution in [3.63, 3.8) is 0 Å². The van der Waals surface area contributed by atoms with Gasteiger partial charge in [-0.2, -0.15) is 0 Å². The molecule has 1 aromatic carbocycles. The lowest BCUT2D eigenvalue weighted by Gasteiger charge is -2.38. The van der Waals surface area contributed by atoms with Crippen LogP contribution in [0.1, 0.15) is 11.6 Å². The number of hydrogen-bond donors (Lipinski definition) is 3. The molecular weight excluding hydrogens is 250 g/mol. The van der Waals surface area contributed by atoms with Crippen molar-refractivity contribution in [3.05, 3.63) is 34.9 Å². The van der Waals surface area contributed by atoms with Crippen molar-refractivity contribution in [1.29, 1.82) is 0 Å². The zero-order valence-corrected chi connectivity index (χ0v) is 10.9. The number of likely N-dealkylation sites (tertiary alicyclic amines) is 1. The lowest BCUT2D eigenvalue weighted by atomic mass is 9.93. The van der Waals surface area contributed by atoms with Gasteiger partial charge in [0.15, 0.2) is 0 Å². The summed E-state index contributed by atoms with van der Waals surface area (Å²) in [7, 11) is 0. The second-order valence-corrected chi connectivity index (χ2v) is 5.62. The van der Waals surface area contributed by atoms with Crippen molar-refractivity contribution >= 4 is 11.6 Å². The second-order valence-electron chi connectivity index (χ2n) is 5.19. The summed E-state index contributed by atoms with van der Waals surface area (Å²) >= 11 is 5.91. The average Bonchev–Trinajstić information content (AvgIpc) is 2.76. The zero-order chi connectivity index (χ0) is 12.5. The standard InChI is InChI=1S/C13H18ClN3O/c14-11-3-1-9(2-4-11)13-10(5-15-16-13)6-17-7-12(18)8-17/h1-4,10,12-13,15-16,18H,5-8H2. The number of rotatable bonds is 3. The number of β-amino-alcohol motifs (C(OH)–C–C–N with tert-alkyl or cyclic N) is 1. The van der Waals surface area contributed by atoms with Crippen molar-refractivity contribution in [3.8, 4) is 0 Å². The van der Waals surface area contributed by atoms with Gasteiger partial charge in [-0.1, -0.05) is 23.7 Å². The number of halogens is 1. The highest BCUT2D eigenvalue weighted by atomic mass is 35.5. The number of hydrogen-bond acceptors (Lipinski definition) is 4. The molecular formula is C13H18ClN3O. The molecule has 2 aliphatic heterocycles. The number of aliphatic hydroxyl groups excluding tert-OH is 1. The van der Waals surface area contributed by atoms with E-state index in [1.54, 1.807) is 0 Å². The van der Waals surface area contributed by atoms with E-state index in [9.17, 15) is 5.11 Å². The Balaban J connectivity index is 1.65. The van der Waals surface area contributed by atoms with E-state index in [1.807, 2.05) is 12.1 Å². The van der Waals surface area contributed by atoms with Crippen LogP contribution in [0, 0.1) is 5.92 Å². The van der Waals surface area contributed by atoms with Crippen molar-refractivity contribution < 1.29 is 5.11 Å². The summed E-state index contributed by atoms with van der Waals surface area (Å²) in [5.74, 6) is 0.527. The van der Waals surface area contributed by atoms with Gasteiger partial charge in [0.25, 0.3) is 0 Å². The number of benzene rings is 1. The topological polar surface area (TPSA) is 47.5 Å². The Kier molecular flexibility index (Phi) is 3.54. The van der Waals surface area contributed by atoms with Gasteiger partial charge in [0, 0.05) is 37.1 Å². The molecule has 2 fully saturated rings. The first-order valence-electron chi connectivity index (χ1n) is 6.36. The number of nitrogens with one attached hydrogen (secondary N) is 2. The van der Waals surface area contributed by atoms with Crippen molar-refractivity contribution in [2.45, 2.75) is 12.1 Å². The van der Waals surface area contributed by atoms with E-state index >= 15 is 0 Å². The highest BCUT2D eigenvalue weighted by Gasteiger charge is 2.33. The third kappa shape index (κ3) is 2.53. The first kappa shape index (κ1) is 12.4. The smallest absolute Gasteiger partial charge is 0.0793 e. The Hall–Kier alpha value is -0.650. The molecule has 5 heteroatoms. The summed E-state index contributed by atoms with van der Waals surface area (Å²) in [5.41, 5.74) is 7.81. The molecule has 2 heterocycles. The predicted octanol–water partition coefficient (Wildman–Crippen LogP) is 0.782. The quantitative estimate of drug-likeness (QED) is 0.758. The molecule has 0 bridgehead atoms. The molecule has 0 aromatic heterocycles. The van der Waals surface area contributed by atoms with Crippen LogP contribution in [0.15, 0.2) is 24.3 Å². The van der Waals surface area contributed by atoms with Crippen LogP contribution in [0.3, 0.4) is 0 Å². The average molecular weight is 268 g/mol. The molecule has 3 rings (SSSR count). The molecule has 0 aliphatic carbocycles. The Morgan fingerprint density at radius 2 is 2.00 bits per heavy atom. The van der Waals surface area contributed by atoms with Gasteiger partial charge in [-0.3, -0.25) is 10.3 Å². The SMILES string of the molecule is OC1CN(CC2CNNC2c2ccc(Cl)cc2)C1. The van der Waals surface area contributed by atoms with Gasteiger partial charge in [-0.15, -0.1) is 0 Å². The van der Waals surface area contributed by atoms with E-state index in [2.05, 4.69) is 27.9 Å². The largest absolute Gasteiger partial charge is 0.390 e. The van der Waals surface area contributed by atoms with E-state index in [0.29, 0.717) is 12.0 Å². The minimum atomic E-state index is -0.124. The van der Waals surface area contributed by atoms with Crippen LogP contribution in [-0.2, 0) is 0 Å². The van der Waals surface area contributed by atoms with Crippen molar-refractivity contribution in [1.82, 2.24) is 15.8 Å². The van der Waals surface area contributed by atoms with E-state index in [-0.39, 0.29) is 6.10 Å². The number of hydrazine groups is 1. The molecule has 0 spiro atoms. The molecule has 4 nitrogen and oxygen atoms in total. The van der Waals surface area contributed by atoms with Gasteiger partial charge < -0.3 is 5.11 Å². The van der Waals surface area contributed by atoms with Crippen LogP contribution < -0.4 is 10.9 Å². The van der Waals surface area contributed by atoms with Crippen LogP contribution in [0.2, 0.25) is 5.02 Å². The van der Waals surface area contributed by atoms with Crippen molar-refractivity contribution in [2.24, 2.45) is 5.92 Å². The normalized spacial score (nSPS) is 29.4. The minimum absolute atomic E-state index is 0.124. The third-order valence-corrected chi connectivity index (χ3v) is 4.00.